The van der Waals surface area contributed by atoms with E-state index in [1.807, 2.05) is 0 Å². The number of unbranched alkanes of at least 4 members (excludes halogenated alkanes) is 1. The Morgan fingerprint density at radius 1 is 1.00 bits per heavy atom. The Balaban J connectivity index is 0. The average molecular weight is 447 g/mol. The molecule has 9 nitrogen and oxygen atoms in total. The number of rotatable bonds is 12. The van der Waals surface area contributed by atoms with Crippen molar-refractivity contribution in [3.63, 3.8) is 0 Å². The molecule has 0 aromatic heterocycles. The largest absolute Gasteiger partial charge is 0.490 e. The molecule has 29 heavy (non-hydrogen) atoms. The number of nitrogens with two attached hydrogens (primary N) is 2. The number of alkyl halides is 3. The van der Waals surface area contributed by atoms with E-state index < -0.39 is 30.1 Å². The molecule has 0 aliphatic rings. The van der Waals surface area contributed by atoms with Crippen LogP contribution < -0.4 is 16.8 Å². The van der Waals surface area contributed by atoms with E-state index in [1.54, 1.807) is 0 Å². The van der Waals surface area contributed by atoms with Gasteiger partial charge in [0, 0.05) is 18.6 Å². The maximum atomic E-state index is 12.2. The van der Waals surface area contributed by atoms with Crippen molar-refractivity contribution in [3.8, 4) is 0 Å². The van der Waals surface area contributed by atoms with Gasteiger partial charge in [0.05, 0.1) is 0 Å². The maximum Gasteiger partial charge on any atom is 0.490 e. The number of carbonyl (C=O) groups is 4. The highest BCUT2D eigenvalue weighted by Crippen LogP contribution is 2.16. The van der Waals surface area contributed by atoms with Crippen molar-refractivity contribution in [2.45, 2.75) is 51.2 Å². The highest BCUT2D eigenvalue weighted by atomic mass is 32.2. The van der Waals surface area contributed by atoms with Crippen molar-refractivity contribution in [2.75, 3.05) is 18.8 Å². The van der Waals surface area contributed by atoms with Crippen molar-refractivity contribution in [3.05, 3.63) is 0 Å². The van der Waals surface area contributed by atoms with Crippen LogP contribution in [0.5, 0.6) is 0 Å². The first-order valence-electron chi connectivity index (χ1n) is 8.73. The van der Waals surface area contributed by atoms with E-state index >= 15 is 0 Å². The number of carboxylic acid groups (broad SMARTS) is 2. The Bertz CT molecular complexity index is 535. The van der Waals surface area contributed by atoms with Crippen LogP contribution >= 0.6 is 11.8 Å². The zero-order valence-electron chi connectivity index (χ0n) is 16.0. The number of amides is 1. The second-order valence-electron chi connectivity index (χ2n) is 5.92. The van der Waals surface area contributed by atoms with Gasteiger partial charge < -0.3 is 27.0 Å². The molecule has 0 aromatic carbocycles. The topological polar surface area (TPSA) is 173 Å². The van der Waals surface area contributed by atoms with E-state index in [0.29, 0.717) is 44.5 Å². The Morgan fingerprint density at radius 2 is 1.52 bits per heavy atom. The third kappa shape index (κ3) is 16.8. The van der Waals surface area contributed by atoms with Crippen LogP contribution in [0.1, 0.15) is 39.0 Å². The summed E-state index contributed by atoms with van der Waals surface area (Å²) in [5.74, 6) is -4.21. The molecule has 0 fully saturated rings. The highest BCUT2D eigenvalue weighted by molar-refractivity contribution is 8.13. The molecular formula is C16H28F3N3O6S. The summed E-state index contributed by atoms with van der Waals surface area (Å²) in [6.07, 6.45) is -2.18. The number of nitrogens with one attached hydrogen (secondary N) is 1. The van der Waals surface area contributed by atoms with Crippen LogP contribution in [0.4, 0.5) is 13.2 Å². The van der Waals surface area contributed by atoms with Gasteiger partial charge in [-0.25, -0.2) is 9.59 Å². The first kappa shape index (κ1) is 29.3. The predicted molar refractivity (Wildman–Crippen MR) is 101 cm³/mol. The lowest BCUT2D eigenvalue weighted by Crippen LogP contribution is -2.44. The number of carboxylic acids is 2. The van der Waals surface area contributed by atoms with Gasteiger partial charge in [-0.3, -0.25) is 9.59 Å². The Morgan fingerprint density at radius 3 is 1.90 bits per heavy atom. The van der Waals surface area contributed by atoms with E-state index in [2.05, 4.69) is 5.32 Å². The lowest BCUT2D eigenvalue weighted by Gasteiger charge is -2.20. The molecule has 0 saturated carbocycles. The molecule has 1 unspecified atom stereocenters. The van der Waals surface area contributed by atoms with Crippen molar-refractivity contribution in [1.82, 2.24) is 5.32 Å². The summed E-state index contributed by atoms with van der Waals surface area (Å²) in [5.41, 5.74) is 10.8. The molecule has 7 N–H and O–H groups in total. The van der Waals surface area contributed by atoms with Crippen LogP contribution in [0.3, 0.4) is 0 Å². The molecule has 0 aromatic rings. The summed E-state index contributed by atoms with van der Waals surface area (Å²) in [6, 6.07) is -0.915. The molecule has 0 rings (SSSR count). The fraction of sp³-hybridized carbons (Fsp3) is 0.750. The zero-order chi connectivity index (χ0) is 23.0. The first-order chi connectivity index (χ1) is 13.4. The van der Waals surface area contributed by atoms with Gasteiger partial charge in [0.15, 0.2) is 5.12 Å². The molecule has 170 valence electrons. The lowest BCUT2D eigenvalue weighted by atomic mass is 10.0. The molecule has 13 heteroatoms. The Kier molecular flexibility index (Phi) is 16.2. The van der Waals surface area contributed by atoms with Gasteiger partial charge in [-0.1, -0.05) is 11.8 Å². The minimum Gasteiger partial charge on any atom is -0.480 e. The van der Waals surface area contributed by atoms with Crippen molar-refractivity contribution in [1.29, 1.82) is 0 Å². The number of carbonyl (C=O) groups excluding carboxylic acids is 2. The molecular weight excluding hydrogens is 419 g/mol. The molecule has 1 amide bonds. The van der Waals surface area contributed by atoms with Gasteiger partial charge in [0.1, 0.15) is 6.04 Å². The third-order valence-electron chi connectivity index (χ3n) is 3.42. The van der Waals surface area contributed by atoms with Crippen molar-refractivity contribution < 1.29 is 42.6 Å². The van der Waals surface area contributed by atoms with Crippen LogP contribution in [0.2, 0.25) is 0 Å². The molecule has 0 spiro atoms. The quantitative estimate of drug-likeness (QED) is 0.273. The van der Waals surface area contributed by atoms with Crippen LogP contribution in [-0.2, 0) is 19.2 Å². The standard InChI is InChI=1S/C14H27N3O4S.C2HF3O2/c1-10(18)22-9-11(5-4-8-16)13(19)17-12(14(20)21)6-2-3-7-15;3-2(4,5)1(6)7/h11-12H,2-9,15-16H2,1H3,(H,17,19)(H,20,21);(H,6,7)/t11?,12-;/m0./s1. The smallest absolute Gasteiger partial charge is 0.480 e. The Hall–Kier alpha value is -1.86. The lowest BCUT2D eigenvalue weighted by molar-refractivity contribution is -0.192. The van der Waals surface area contributed by atoms with Crippen LogP contribution in [0.15, 0.2) is 0 Å². The van der Waals surface area contributed by atoms with Crippen LogP contribution in [0.25, 0.3) is 0 Å². The second kappa shape index (κ2) is 16.0. The SMILES string of the molecule is CC(=O)SCC(CCCN)C(=O)N[C@@H](CCCCN)C(=O)O.O=C(O)C(F)(F)F. The molecule has 0 heterocycles. The molecule has 0 bridgehead atoms. The first-order valence-corrected chi connectivity index (χ1v) is 9.72. The summed E-state index contributed by atoms with van der Waals surface area (Å²) in [6.45, 7) is 2.39. The minimum atomic E-state index is -5.08. The van der Waals surface area contributed by atoms with Crippen LogP contribution in [-0.4, -0.2) is 64.2 Å². The van der Waals surface area contributed by atoms with Gasteiger partial charge >= 0.3 is 18.1 Å². The van der Waals surface area contributed by atoms with Gasteiger partial charge in [0.2, 0.25) is 5.91 Å². The van der Waals surface area contributed by atoms with E-state index in [1.165, 1.54) is 6.92 Å². The number of aliphatic carboxylic acids is 2. The summed E-state index contributed by atoms with van der Waals surface area (Å²) < 4.78 is 31.7. The zero-order valence-corrected chi connectivity index (χ0v) is 16.9. The van der Waals surface area contributed by atoms with Gasteiger partial charge in [0.25, 0.3) is 0 Å². The average Bonchev–Trinajstić information content (AvgIpc) is 2.60. The number of hydrogen-bond acceptors (Lipinski definition) is 7. The summed E-state index contributed by atoms with van der Waals surface area (Å²) in [7, 11) is 0. The molecule has 0 radical (unpaired) electrons. The van der Waals surface area contributed by atoms with Crippen molar-refractivity contribution >= 4 is 34.7 Å². The summed E-state index contributed by atoms with van der Waals surface area (Å²) >= 11 is 1.07. The van der Waals surface area contributed by atoms with E-state index in [-0.39, 0.29) is 11.0 Å². The maximum absolute atomic E-state index is 12.2. The molecule has 0 saturated heterocycles. The number of hydrogen-bond donors (Lipinski definition) is 5. The monoisotopic (exact) mass is 447 g/mol. The van der Waals surface area contributed by atoms with Crippen molar-refractivity contribution in [2.24, 2.45) is 17.4 Å². The van der Waals surface area contributed by atoms with Gasteiger partial charge in [-0.05, 0) is 45.2 Å². The number of halogens is 3. The summed E-state index contributed by atoms with van der Waals surface area (Å²) in [5, 5.41) is 18.8. The van der Waals surface area contributed by atoms with Gasteiger partial charge in [-0.15, -0.1) is 0 Å². The van der Waals surface area contributed by atoms with Gasteiger partial charge in [-0.2, -0.15) is 13.2 Å². The Labute approximate surface area is 170 Å². The molecule has 0 aliphatic heterocycles. The minimum absolute atomic E-state index is 0.0664. The number of thioether (sulfide) groups is 1. The molecule has 2 atom stereocenters. The predicted octanol–water partition coefficient (Wildman–Crippen LogP) is 0.953. The van der Waals surface area contributed by atoms with Crippen LogP contribution in [0, 0.1) is 5.92 Å². The highest BCUT2D eigenvalue weighted by Gasteiger charge is 2.38. The molecule has 0 aliphatic carbocycles. The normalized spacial score (nSPS) is 12.9. The van der Waals surface area contributed by atoms with E-state index in [0.717, 1.165) is 18.2 Å². The van der Waals surface area contributed by atoms with E-state index in [4.69, 9.17) is 21.4 Å². The summed E-state index contributed by atoms with van der Waals surface area (Å²) in [4.78, 5) is 43.4. The third-order valence-corrected chi connectivity index (χ3v) is 4.39. The fourth-order valence-electron chi connectivity index (χ4n) is 1.91. The fourth-order valence-corrected chi connectivity index (χ4v) is 2.67. The second-order valence-corrected chi connectivity index (χ2v) is 7.11. The van der Waals surface area contributed by atoms with E-state index in [9.17, 15) is 32.7 Å².